The highest BCUT2D eigenvalue weighted by molar-refractivity contribution is 5.90. The molecule has 152 valence electrons. The van der Waals surface area contributed by atoms with Crippen molar-refractivity contribution in [3.05, 3.63) is 52.4 Å². The van der Waals surface area contributed by atoms with Gasteiger partial charge in [0.15, 0.2) is 0 Å². The summed E-state index contributed by atoms with van der Waals surface area (Å²) in [6, 6.07) is 8.30. The predicted octanol–water partition coefficient (Wildman–Crippen LogP) is 4.11. The minimum absolute atomic E-state index is 0.0611. The first-order chi connectivity index (χ1) is 14.0. The van der Waals surface area contributed by atoms with Crippen LogP contribution in [0.4, 0.5) is 0 Å². The molecule has 2 aromatic carbocycles. The van der Waals surface area contributed by atoms with E-state index < -0.39 is 0 Å². The van der Waals surface area contributed by atoms with Gasteiger partial charge in [-0.2, -0.15) is 0 Å². The number of hydrogen-bond acceptors (Lipinski definition) is 6. The Morgan fingerprint density at radius 2 is 1.83 bits per heavy atom. The van der Waals surface area contributed by atoms with Crippen LogP contribution >= 0.6 is 0 Å². The summed E-state index contributed by atoms with van der Waals surface area (Å²) in [7, 11) is 1.58. The van der Waals surface area contributed by atoms with E-state index in [-0.39, 0.29) is 27.9 Å². The Morgan fingerprint density at radius 3 is 2.48 bits per heavy atom. The van der Waals surface area contributed by atoms with Crippen LogP contribution in [-0.2, 0) is 6.54 Å². The van der Waals surface area contributed by atoms with Crippen molar-refractivity contribution in [1.29, 1.82) is 0 Å². The van der Waals surface area contributed by atoms with E-state index in [1.165, 1.54) is 12.3 Å². The van der Waals surface area contributed by atoms with Gasteiger partial charge in [-0.15, -0.1) is 0 Å². The van der Waals surface area contributed by atoms with Gasteiger partial charge >= 0.3 is 0 Å². The molecular formula is C23H25NO5. The van der Waals surface area contributed by atoms with Gasteiger partial charge in [-0.05, 0) is 49.5 Å². The average molecular weight is 395 g/mol. The fraction of sp³-hybridized carbons (Fsp3) is 0.348. The summed E-state index contributed by atoms with van der Waals surface area (Å²) in [6.07, 6.45) is 3.60. The Balaban J connectivity index is 1.78. The zero-order valence-electron chi connectivity index (χ0n) is 16.6. The average Bonchev–Trinajstić information content (AvgIpc) is 2.72. The second-order valence-corrected chi connectivity index (χ2v) is 7.76. The maximum absolute atomic E-state index is 13.2. The summed E-state index contributed by atoms with van der Waals surface area (Å²) in [4.78, 5) is 15.4. The summed E-state index contributed by atoms with van der Waals surface area (Å²) in [6.45, 7) is 4.57. The fourth-order valence-electron chi connectivity index (χ4n) is 3.89. The molecule has 2 N–H and O–H groups in total. The number of hydrogen-bond donors (Lipinski definition) is 2. The van der Waals surface area contributed by atoms with E-state index in [0.717, 1.165) is 25.9 Å². The number of methoxy groups -OCH3 is 1. The van der Waals surface area contributed by atoms with Crippen LogP contribution in [0.15, 0.2) is 45.8 Å². The molecular weight excluding hydrogens is 370 g/mol. The molecule has 0 bridgehead atoms. The molecule has 4 rings (SSSR count). The van der Waals surface area contributed by atoms with Crippen LogP contribution < -0.4 is 10.2 Å². The largest absolute Gasteiger partial charge is 0.507 e. The van der Waals surface area contributed by atoms with Crippen molar-refractivity contribution in [3.63, 3.8) is 0 Å². The van der Waals surface area contributed by atoms with Crippen molar-refractivity contribution >= 4 is 11.0 Å². The summed E-state index contributed by atoms with van der Waals surface area (Å²) in [5.41, 5.74) is 1.45. The van der Waals surface area contributed by atoms with E-state index in [9.17, 15) is 15.0 Å². The molecule has 0 unspecified atom stereocenters. The van der Waals surface area contributed by atoms with Crippen LogP contribution in [-0.4, -0.2) is 35.3 Å². The zero-order chi connectivity index (χ0) is 20.5. The Morgan fingerprint density at radius 1 is 1.14 bits per heavy atom. The Labute approximate surface area is 169 Å². The molecule has 0 radical (unpaired) electrons. The van der Waals surface area contributed by atoms with E-state index in [1.54, 1.807) is 31.4 Å². The van der Waals surface area contributed by atoms with Crippen LogP contribution in [0.3, 0.4) is 0 Å². The number of likely N-dealkylation sites (tertiary alicyclic amines) is 1. The number of ether oxygens (including phenoxy) is 1. The summed E-state index contributed by atoms with van der Waals surface area (Å²) < 4.78 is 11.0. The molecule has 1 fully saturated rings. The number of phenols is 2. The number of fused-ring (bicyclic) bond motifs is 1. The lowest BCUT2D eigenvalue weighted by Gasteiger charge is -2.30. The number of rotatable bonds is 4. The lowest BCUT2D eigenvalue weighted by Crippen LogP contribution is -2.32. The standard InChI is InChI=1S/C23H25NO5/c1-14-7-9-24(10-8-14)12-17-19(25)11-20(26)21-22(27)18(13-29-23(17)21)15-3-5-16(28-2)6-4-15/h3-6,11,13-14,25-26H,7-10,12H2,1-2H3. The SMILES string of the molecule is COc1ccc(-c2coc3c(CN4CCC(C)CC4)c(O)cc(O)c3c2=O)cc1. The number of phenolic OH excluding ortho intramolecular Hbond substituents is 2. The van der Waals surface area contributed by atoms with E-state index in [2.05, 4.69) is 11.8 Å². The molecule has 6 heteroatoms. The molecule has 1 aromatic heterocycles. The van der Waals surface area contributed by atoms with Gasteiger partial charge in [0.05, 0.1) is 18.2 Å². The van der Waals surface area contributed by atoms with Crippen molar-refractivity contribution in [2.24, 2.45) is 5.92 Å². The minimum atomic E-state index is -0.331. The normalized spacial score (nSPS) is 15.7. The van der Waals surface area contributed by atoms with Gasteiger partial charge in [-0.25, -0.2) is 0 Å². The maximum Gasteiger partial charge on any atom is 0.204 e. The Kier molecular flexibility index (Phi) is 5.20. The number of piperidine rings is 1. The van der Waals surface area contributed by atoms with E-state index in [0.29, 0.717) is 34.9 Å². The summed E-state index contributed by atoms with van der Waals surface area (Å²) in [5, 5.41) is 20.9. The second-order valence-electron chi connectivity index (χ2n) is 7.76. The second kappa shape index (κ2) is 7.79. The first-order valence-corrected chi connectivity index (χ1v) is 9.84. The van der Waals surface area contributed by atoms with Crippen molar-refractivity contribution in [2.45, 2.75) is 26.3 Å². The molecule has 1 saturated heterocycles. The van der Waals surface area contributed by atoms with E-state index >= 15 is 0 Å². The highest BCUT2D eigenvalue weighted by Gasteiger charge is 2.23. The Hall–Kier alpha value is -2.99. The van der Waals surface area contributed by atoms with Gasteiger partial charge in [0, 0.05) is 12.6 Å². The molecule has 6 nitrogen and oxygen atoms in total. The number of aromatic hydroxyl groups is 2. The summed E-state index contributed by atoms with van der Waals surface area (Å²) in [5.74, 6) is 1.04. The molecule has 1 aliphatic heterocycles. The van der Waals surface area contributed by atoms with Gasteiger partial charge in [0.25, 0.3) is 0 Å². The van der Waals surface area contributed by atoms with Crippen LogP contribution in [0.25, 0.3) is 22.1 Å². The highest BCUT2D eigenvalue weighted by Crippen LogP contribution is 2.35. The summed E-state index contributed by atoms with van der Waals surface area (Å²) >= 11 is 0. The van der Waals surface area contributed by atoms with Crippen LogP contribution in [0.5, 0.6) is 17.2 Å². The lowest BCUT2D eigenvalue weighted by atomic mass is 9.98. The number of benzene rings is 2. The fourth-order valence-corrected chi connectivity index (χ4v) is 3.89. The Bertz CT molecular complexity index is 1080. The van der Waals surface area contributed by atoms with Crippen molar-refractivity contribution in [2.75, 3.05) is 20.2 Å². The van der Waals surface area contributed by atoms with Crippen LogP contribution in [0.1, 0.15) is 25.3 Å². The minimum Gasteiger partial charge on any atom is -0.507 e. The maximum atomic E-state index is 13.2. The quantitative estimate of drug-likeness (QED) is 0.692. The first kappa shape index (κ1) is 19.3. The molecule has 3 aromatic rings. The zero-order valence-corrected chi connectivity index (χ0v) is 16.6. The third-order valence-electron chi connectivity index (χ3n) is 5.77. The number of nitrogens with zero attached hydrogens (tertiary/aromatic N) is 1. The third-order valence-corrected chi connectivity index (χ3v) is 5.77. The molecule has 29 heavy (non-hydrogen) atoms. The van der Waals surface area contributed by atoms with Crippen LogP contribution in [0.2, 0.25) is 0 Å². The molecule has 0 saturated carbocycles. The molecule has 2 heterocycles. The smallest absolute Gasteiger partial charge is 0.204 e. The molecule has 0 spiro atoms. The molecule has 0 amide bonds. The topological polar surface area (TPSA) is 83.1 Å². The van der Waals surface area contributed by atoms with E-state index in [4.69, 9.17) is 9.15 Å². The van der Waals surface area contributed by atoms with Gasteiger partial charge in [0.2, 0.25) is 5.43 Å². The van der Waals surface area contributed by atoms with Gasteiger partial charge in [-0.1, -0.05) is 19.1 Å². The van der Waals surface area contributed by atoms with Crippen molar-refractivity contribution in [1.82, 2.24) is 4.90 Å². The van der Waals surface area contributed by atoms with Crippen LogP contribution in [0, 0.1) is 5.92 Å². The lowest BCUT2D eigenvalue weighted by molar-refractivity contribution is 0.183. The van der Waals surface area contributed by atoms with Gasteiger partial charge in [-0.3, -0.25) is 9.69 Å². The monoisotopic (exact) mass is 395 g/mol. The van der Waals surface area contributed by atoms with Gasteiger partial charge in [0.1, 0.15) is 34.5 Å². The van der Waals surface area contributed by atoms with Crippen molar-refractivity contribution < 1.29 is 19.4 Å². The van der Waals surface area contributed by atoms with Gasteiger partial charge < -0.3 is 19.4 Å². The van der Waals surface area contributed by atoms with E-state index in [1.807, 2.05) is 0 Å². The first-order valence-electron chi connectivity index (χ1n) is 9.84. The molecule has 0 aliphatic carbocycles. The molecule has 1 aliphatic rings. The predicted molar refractivity (Wildman–Crippen MR) is 111 cm³/mol. The third kappa shape index (κ3) is 3.68. The van der Waals surface area contributed by atoms with Crippen molar-refractivity contribution in [3.8, 4) is 28.4 Å². The molecule has 0 atom stereocenters. The highest BCUT2D eigenvalue weighted by atomic mass is 16.5.